The molecule has 0 bridgehead atoms. The minimum atomic E-state index is -0.400. The number of hydrogen-bond donors (Lipinski definition) is 2. The quantitative estimate of drug-likeness (QED) is 0.592. The number of hydrogen-bond acceptors (Lipinski definition) is 4. The van der Waals surface area contributed by atoms with Gasteiger partial charge in [0.2, 0.25) is 0 Å². The zero-order valence-corrected chi connectivity index (χ0v) is 12.6. The van der Waals surface area contributed by atoms with Crippen molar-refractivity contribution < 1.29 is 9.84 Å². The van der Waals surface area contributed by atoms with E-state index >= 15 is 0 Å². The number of nitrogens with two attached hydrogens (primary N) is 1. The molecule has 0 saturated heterocycles. The van der Waals surface area contributed by atoms with Crippen LogP contribution >= 0.6 is 0 Å². The van der Waals surface area contributed by atoms with Crippen molar-refractivity contribution in [3.8, 4) is 0 Å². The molecule has 0 aliphatic heterocycles. The fourth-order valence-corrected chi connectivity index (χ4v) is 2.02. The molecule has 0 saturated carbocycles. The van der Waals surface area contributed by atoms with Gasteiger partial charge in [0.15, 0.2) is 0 Å². The highest BCUT2D eigenvalue weighted by atomic mass is 16.5. The minimum absolute atomic E-state index is 0.0743. The lowest BCUT2D eigenvalue weighted by atomic mass is 9.92. The van der Waals surface area contributed by atoms with E-state index in [9.17, 15) is 5.11 Å². The number of nitrogens with zero attached hydrogens (tertiary/aromatic N) is 1. The van der Waals surface area contributed by atoms with E-state index in [1.807, 2.05) is 6.92 Å². The predicted molar refractivity (Wildman–Crippen MR) is 76.7 cm³/mol. The molecule has 0 radical (unpaired) electrons. The molecule has 0 rings (SSSR count). The van der Waals surface area contributed by atoms with E-state index in [1.54, 1.807) is 7.11 Å². The first-order valence-electron chi connectivity index (χ1n) is 7.15. The minimum Gasteiger partial charge on any atom is -0.394 e. The third-order valence-electron chi connectivity index (χ3n) is 3.94. The Balaban J connectivity index is 4.09. The summed E-state index contributed by atoms with van der Waals surface area (Å²) in [6.07, 6.45) is 3.87. The molecule has 110 valence electrons. The fourth-order valence-electron chi connectivity index (χ4n) is 2.02. The van der Waals surface area contributed by atoms with Crippen LogP contribution < -0.4 is 5.73 Å². The van der Waals surface area contributed by atoms with E-state index in [-0.39, 0.29) is 6.61 Å². The molecular formula is C14H32N2O2. The molecule has 4 nitrogen and oxygen atoms in total. The van der Waals surface area contributed by atoms with Gasteiger partial charge in [0.1, 0.15) is 0 Å². The van der Waals surface area contributed by atoms with Crippen molar-refractivity contribution in [2.45, 2.75) is 58.0 Å². The Morgan fingerprint density at radius 1 is 1.33 bits per heavy atom. The van der Waals surface area contributed by atoms with Gasteiger partial charge in [-0.1, -0.05) is 13.8 Å². The number of rotatable bonds is 11. The van der Waals surface area contributed by atoms with Gasteiger partial charge in [-0.3, -0.25) is 4.90 Å². The normalized spacial score (nSPS) is 16.8. The van der Waals surface area contributed by atoms with Crippen LogP contribution in [0.1, 0.15) is 46.5 Å². The largest absolute Gasteiger partial charge is 0.394 e. The Morgan fingerprint density at radius 2 is 2.00 bits per heavy atom. The topological polar surface area (TPSA) is 58.7 Å². The van der Waals surface area contributed by atoms with E-state index in [4.69, 9.17) is 10.5 Å². The van der Waals surface area contributed by atoms with Crippen molar-refractivity contribution in [2.24, 2.45) is 5.73 Å². The standard InChI is InChI=1S/C14H32N2O2/c1-5-13(3)16(10-11-18-4)9-7-8-14(15,6-2)12-17/h13,17H,5-12,15H2,1-4H3. The summed E-state index contributed by atoms with van der Waals surface area (Å²) in [5, 5.41) is 9.29. The molecule has 2 atom stereocenters. The fraction of sp³-hybridized carbons (Fsp3) is 1.00. The summed E-state index contributed by atoms with van der Waals surface area (Å²) in [6.45, 7) is 9.32. The second-order valence-electron chi connectivity index (χ2n) is 5.26. The lowest BCUT2D eigenvalue weighted by Crippen LogP contribution is -2.44. The number of aliphatic hydroxyl groups excluding tert-OH is 1. The predicted octanol–water partition coefficient (Wildman–Crippen LogP) is 1.61. The van der Waals surface area contributed by atoms with Gasteiger partial charge >= 0.3 is 0 Å². The molecule has 0 aliphatic carbocycles. The molecule has 0 aromatic carbocycles. The summed E-state index contributed by atoms with van der Waals surface area (Å²) in [5.74, 6) is 0. The average molecular weight is 260 g/mol. The summed E-state index contributed by atoms with van der Waals surface area (Å²) in [6, 6.07) is 0.572. The Bertz CT molecular complexity index is 196. The average Bonchev–Trinajstić information content (AvgIpc) is 2.41. The van der Waals surface area contributed by atoms with Crippen molar-refractivity contribution >= 4 is 0 Å². The van der Waals surface area contributed by atoms with Crippen molar-refractivity contribution in [3.63, 3.8) is 0 Å². The first-order valence-corrected chi connectivity index (χ1v) is 7.15. The Morgan fingerprint density at radius 3 is 2.44 bits per heavy atom. The van der Waals surface area contributed by atoms with Crippen molar-refractivity contribution in [1.82, 2.24) is 4.90 Å². The van der Waals surface area contributed by atoms with Crippen LogP contribution in [-0.2, 0) is 4.74 Å². The lowest BCUT2D eigenvalue weighted by Gasteiger charge is -2.31. The van der Waals surface area contributed by atoms with Crippen LogP contribution in [0, 0.1) is 0 Å². The monoisotopic (exact) mass is 260 g/mol. The number of ether oxygens (including phenoxy) is 1. The maximum Gasteiger partial charge on any atom is 0.0611 e. The highest BCUT2D eigenvalue weighted by Gasteiger charge is 2.21. The van der Waals surface area contributed by atoms with E-state index in [1.165, 1.54) is 0 Å². The summed E-state index contributed by atoms with van der Waals surface area (Å²) in [5.41, 5.74) is 5.70. The van der Waals surface area contributed by atoms with E-state index in [0.29, 0.717) is 6.04 Å². The highest BCUT2D eigenvalue weighted by Crippen LogP contribution is 2.15. The van der Waals surface area contributed by atoms with Crippen molar-refractivity contribution in [3.05, 3.63) is 0 Å². The van der Waals surface area contributed by atoms with Gasteiger partial charge in [-0.05, 0) is 39.2 Å². The zero-order valence-electron chi connectivity index (χ0n) is 12.6. The Labute approximate surface area is 112 Å². The van der Waals surface area contributed by atoms with Gasteiger partial charge in [-0.25, -0.2) is 0 Å². The molecule has 0 spiro atoms. The maximum absolute atomic E-state index is 9.29. The molecule has 4 heteroatoms. The summed E-state index contributed by atoms with van der Waals surface area (Å²) >= 11 is 0. The van der Waals surface area contributed by atoms with Crippen LogP contribution in [0.15, 0.2) is 0 Å². The smallest absolute Gasteiger partial charge is 0.0611 e. The molecule has 0 amide bonds. The summed E-state index contributed by atoms with van der Waals surface area (Å²) < 4.78 is 5.15. The van der Waals surface area contributed by atoms with Crippen LogP contribution in [0.2, 0.25) is 0 Å². The van der Waals surface area contributed by atoms with Crippen LogP contribution in [0.3, 0.4) is 0 Å². The van der Waals surface area contributed by atoms with Crippen molar-refractivity contribution in [2.75, 3.05) is 33.4 Å². The molecule has 3 N–H and O–H groups in total. The van der Waals surface area contributed by atoms with Crippen LogP contribution in [0.25, 0.3) is 0 Å². The Kier molecular flexibility index (Phi) is 9.64. The third kappa shape index (κ3) is 6.69. The molecule has 18 heavy (non-hydrogen) atoms. The first-order chi connectivity index (χ1) is 8.52. The van der Waals surface area contributed by atoms with E-state index in [0.717, 1.165) is 45.4 Å². The Hall–Kier alpha value is -0.160. The zero-order chi connectivity index (χ0) is 14.0. The SMILES string of the molecule is CCC(C)N(CCCC(N)(CC)CO)CCOC. The first kappa shape index (κ1) is 17.8. The van der Waals surface area contributed by atoms with Gasteiger partial charge in [0.25, 0.3) is 0 Å². The van der Waals surface area contributed by atoms with E-state index in [2.05, 4.69) is 18.7 Å². The van der Waals surface area contributed by atoms with Crippen molar-refractivity contribution in [1.29, 1.82) is 0 Å². The molecule has 0 heterocycles. The van der Waals surface area contributed by atoms with Gasteiger partial charge < -0.3 is 15.6 Å². The molecular weight excluding hydrogens is 228 g/mol. The van der Waals surface area contributed by atoms with Crippen LogP contribution in [0.4, 0.5) is 0 Å². The van der Waals surface area contributed by atoms with E-state index < -0.39 is 5.54 Å². The number of methoxy groups -OCH3 is 1. The molecule has 0 aliphatic rings. The maximum atomic E-state index is 9.29. The lowest BCUT2D eigenvalue weighted by molar-refractivity contribution is 0.115. The van der Waals surface area contributed by atoms with Crippen LogP contribution in [0.5, 0.6) is 0 Å². The summed E-state index contributed by atoms with van der Waals surface area (Å²) in [4.78, 5) is 2.44. The number of aliphatic hydroxyl groups is 1. The second-order valence-corrected chi connectivity index (χ2v) is 5.26. The highest BCUT2D eigenvalue weighted by molar-refractivity contribution is 4.82. The molecule has 0 aromatic heterocycles. The van der Waals surface area contributed by atoms with Gasteiger partial charge in [0, 0.05) is 25.2 Å². The summed E-state index contributed by atoms with van der Waals surface area (Å²) in [7, 11) is 1.74. The van der Waals surface area contributed by atoms with Gasteiger partial charge in [-0.2, -0.15) is 0 Å². The molecule has 0 aromatic rings. The third-order valence-corrected chi connectivity index (χ3v) is 3.94. The van der Waals surface area contributed by atoms with Gasteiger partial charge in [0.05, 0.1) is 13.2 Å². The second kappa shape index (κ2) is 9.73. The van der Waals surface area contributed by atoms with Crippen LogP contribution in [-0.4, -0.2) is 55.0 Å². The molecule has 2 unspecified atom stereocenters. The van der Waals surface area contributed by atoms with Gasteiger partial charge in [-0.15, -0.1) is 0 Å². The molecule has 0 fully saturated rings.